The molecule has 1 aromatic heterocycles. The summed E-state index contributed by atoms with van der Waals surface area (Å²) in [5, 5.41) is 9.34. The lowest BCUT2D eigenvalue weighted by Gasteiger charge is -2.19. The molecule has 3 aliphatic rings. The third-order valence-corrected chi connectivity index (χ3v) is 10.0. The molecule has 6 rings (SSSR count). The van der Waals surface area contributed by atoms with E-state index >= 15 is 0 Å². The predicted octanol–water partition coefficient (Wildman–Crippen LogP) is 3.66. The van der Waals surface area contributed by atoms with Gasteiger partial charge in [-0.2, -0.15) is 15.0 Å². The summed E-state index contributed by atoms with van der Waals surface area (Å²) in [5.74, 6) is -1.06. The summed E-state index contributed by atoms with van der Waals surface area (Å²) in [5.41, 5.74) is 0.299. The van der Waals surface area contributed by atoms with Gasteiger partial charge in [0, 0.05) is 22.2 Å². The molecule has 12 nitrogen and oxygen atoms in total. The summed E-state index contributed by atoms with van der Waals surface area (Å²) in [6, 6.07) is 14.2. The predicted molar refractivity (Wildman–Crippen MR) is 161 cm³/mol. The number of anilines is 3. The molecule has 0 radical (unpaired) electrons. The van der Waals surface area contributed by atoms with Crippen LogP contribution in [0.15, 0.2) is 61.2 Å². The molecule has 0 aliphatic heterocycles. The van der Waals surface area contributed by atoms with Crippen molar-refractivity contribution in [2.45, 2.75) is 48.4 Å². The summed E-state index contributed by atoms with van der Waals surface area (Å²) in [4.78, 5) is 39.2. The van der Waals surface area contributed by atoms with Crippen LogP contribution >= 0.6 is 11.6 Å². The van der Waals surface area contributed by atoms with E-state index in [1.807, 2.05) is 24.3 Å². The maximum absolute atomic E-state index is 13.1. The summed E-state index contributed by atoms with van der Waals surface area (Å²) in [7, 11) is -2.29. The Morgan fingerprint density at radius 1 is 1.02 bits per heavy atom. The average Bonchev–Trinajstić information content (AvgIpc) is 3.85. The van der Waals surface area contributed by atoms with E-state index in [9.17, 15) is 18.0 Å². The lowest BCUT2D eigenvalue weighted by molar-refractivity contribution is -0.122. The van der Waals surface area contributed by atoms with Crippen molar-refractivity contribution >= 4 is 51.0 Å². The molecule has 3 aliphatic carbocycles. The van der Waals surface area contributed by atoms with Crippen molar-refractivity contribution in [3.63, 3.8) is 0 Å². The van der Waals surface area contributed by atoms with Crippen LogP contribution in [0.2, 0.25) is 5.02 Å². The van der Waals surface area contributed by atoms with Gasteiger partial charge in [0.25, 0.3) is 11.8 Å². The maximum Gasteiger partial charge on any atom is 0.322 e. The first-order valence-electron chi connectivity index (χ1n) is 13.8. The molecule has 3 aromatic rings. The van der Waals surface area contributed by atoms with E-state index in [0.717, 1.165) is 18.4 Å². The zero-order valence-corrected chi connectivity index (χ0v) is 24.8. The average molecular weight is 624 g/mol. The van der Waals surface area contributed by atoms with Crippen molar-refractivity contribution < 1.29 is 22.7 Å². The molecule has 0 unspecified atom stereocenters. The van der Waals surface area contributed by atoms with E-state index in [-0.39, 0.29) is 35.4 Å². The highest BCUT2D eigenvalue weighted by Crippen LogP contribution is 2.48. The molecule has 3 saturated carbocycles. The van der Waals surface area contributed by atoms with Gasteiger partial charge >= 0.3 is 6.01 Å². The Labute approximate surface area is 253 Å². The molecule has 2 atom stereocenters. The third kappa shape index (κ3) is 6.00. The van der Waals surface area contributed by atoms with Crippen molar-refractivity contribution in [1.82, 2.24) is 25.0 Å². The van der Waals surface area contributed by atoms with Gasteiger partial charge in [0.05, 0.1) is 17.9 Å². The van der Waals surface area contributed by atoms with E-state index in [1.54, 1.807) is 30.3 Å². The summed E-state index contributed by atoms with van der Waals surface area (Å²) in [6.07, 6.45) is 4.66. The molecule has 4 N–H and O–H groups in total. The number of nitrogens with one attached hydrogen (secondary N) is 4. The first kappa shape index (κ1) is 28.9. The van der Waals surface area contributed by atoms with Gasteiger partial charge in [0.15, 0.2) is 0 Å². The smallest absolute Gasteiger partial charge is 0.322 e. The van der Waals surface area contributed by atoms with E-state index in [1.165, 1.54) is 7.11 Å². The van der Waals surface area contributed by atoms with Crippen LogP contribution in [-0.2, 0) is 20.4 Å². The quantitative estimate of drug-likeness (QED) is 0.219. The van der Waals surface area contributed by atoms with Gasteiger partial charge in [0.2, 0.25) is 21.9 Å². The standard InChI is InChI=1S/C29H30ClN7O5S/c1-3-18-16-29(18,24(39)37-43(40,41)22-12-13-22)35-23(38)17-4-10-21(11-5-17)31-25-32-26(34-27(33-25)42-2)36-28(14-15-28)19-6-8-20(30)9-7-19/h3-11,18,22H,1,12-16H2,2H3,(H,35,38)(H,37,39)(H2,31,32,33,34,36)/t18-,29-/m1/s1. The van der Waals surface area contributed by atoms with Gasteiger partial charge in [-0.3, -0.25) is 14.3 Å². The number of methoxy groups -OCH3 is 1. The lowest BCUT2D eigenvalue weighted by Crippen LogP contribution is -2.52. The van der Waals surface area contributed by atoms with Gasteiger partial charge in [-0.05, 0) is 74.1 Å². The van der Waals surface area contributed by atoms with Crippen LogP contribution in [0.3, 0.4) is 0 Å². The van der Waals surface area contributed by atoms with Gasteiger partial charge in [-0.1, -0.05) is 29.8 Å². The summed E-state index contributed by atoms with van der Waals surface area (Å²) < 4.78 is 32.1. The fourth-order valence-electron chi connectivity index (χ4n) is 4.98. The normalized spacial score (nSPS) is 21.7. The lowest BCUT2D eigenvalue weighted by atomic mass is 10.1. The zero-order chi connectivity index (χ0) is 30.4. The van der Waals surface area contributed by atoms with Crippen LogP contribution in [0, 0.1) is 5.92 Å². The van der Waals surface area contributed by atoms with E-state index < -0.39 is 32.6 Å². The fraction of sp³-hybridized carbons (Fsp3) is 0.345. The summed E-state index contributed by atoms with van der Waals surface area (Å²) >= 11 is 6.05. The van der Waals surface area contributed by atoms with E-state index in [4.69, 9.17) is 16.3 Å². The molecular formula is C29H30ClN7O5S. The zero-order valence-electron chi connectivity index (χ0n) is 23.3. The fourth-order valence-corrected chi connectivity index (χ4v) is 6.47. The number of halogens is 1. The molecule has 0 bridgehead atoms. The topological polar surface area (TPSA) is 164 Å². The molecule has 0 saturated heterocycles. The molecule has 0 spiro atoms. The van der Waals surface area contributed by atoms with Gasteiger partial charge in [-0.15, -0.1) is 6.58 Å². The minimum absolute atomic E-state index is 0.122. The molecule has 3 fully saturated rings. The first-order valence-corrected chi connectivity index (χ1v) is 15.7. The second kappa shape index (κ2) is 10.8. The second-order valence-corrected chi connectivity index (χ2v) is 13.4. The Morgan fingerprint density at radius 3 is 2.28 bits per heavy atom. The number of hydrogen-bond donors (Lipinski definition) is 4. The second-order valence-electron chi connectivity index (χ2n) is 11.0. The number of rotatable bonds is 12. The van der Waals surface area contributed by atoms with Gasteiger partial charge < -0.3 is 20.7 Å². The Kier molecular flexibility index (Phi) is 7.25. The van der Waals surface area contributed by atoms with Crippen LogP contribution in [0.5, 0.6) is 6.01 Å². The Balaban J connectivity index is 1.13. The molecule has 14 heteroatoms. The molecule has 224 valence electrons. The number of sulfonamides is 1. The summed E-state index contributed by atoms with van der Waals surface area (Å²) in [6.45, 7) is 3.71. The highest BCUT2D eigenvalue weighted by atomic mass is 35.5. The first-order chi connectivity index (χ1) is 20.6. The SMILES string of the molecule is C=C[C@@H]1C[C@]1(NC(=O)c1ccc(Nc2nc(NC3(c4ccc(Cl)cc4)CC3)nc(OC)n2)cc1)C(=O)NS(=O)(=O)C1CC1. The van der Waals surface area contributed by atoms with Crippen LogP contribution in [0.1, 0.15) is 48.0 Å². The van der Waals surface area contributed by atoms with E-state index in [2.05, 4.69) is 42.2 Å². The van der Waals surface area contributed by atoms with Gasteiger partial charge in [0.1, 0.15) is 5.54 Å². The monoisotopic (exact) mass is 623 g/mol. The molecule has 1 heterocycles. The molecule has 2 aromatic carbocycles. The minimum Gasteiger partial charge on any atom is -0.467 e. The molecular weight excluding hydrogens is 594 g/mol. The highest BCUT2D eigenvalue weighted by Gasteiger charge is 2.61. The number of nitrogens with zero attached hydrogens (tertiary/aromatic N) is 3. The van der Waals surface area contributed by atoms with Crippen molar-refractivity contribution in [1.29, 1.82) is 0 Å². The minimum atomic E-state index is -3.76. The number of ether oxygens (including phenoxy) is 1. The van der Waals surface area contributed by atoms with Crippen LogP contribution < -0.4 is 25.4 Å². The highest BCUT2D eigenvalue weighted by molar-refractivity contribution is 7.91. The van der Waals surface area contributed by atoms with E-state index in [0.29, 0.717) is 29.5 Å². The Morgan fingerprint density at radius 2 is 1.70 bits per heavy atom. The van der Waals surface area contributed by atoms with Gasteiger partial charge in [-0.25, -0.2) is 8.42 Å². The number of amides is 2. The van der Waals surface area contributed by atoms with Crippen LogP contribution in [0.4, 0.5) is 17.6 Å². The van der Waals surface area contributed by atoms with Crippen molar-refractivity contribution in [2.24, 2.45) is 5.92 Å². The van der Waals surface area contributed by atoms with Crippen molar-refractivity contribution in [3.05, 3.63) is 77.3 Å². The van der Waals surface area contributed by atoms with Crippen molar-refractivity contribution in [2.75, 3.05) is 17.7 Å². The van der Waals surface area contributed by atoms with Crippen molar-refractivity contribution in [3.8, 4) is 6.01 Å². The number of carbonyl (C=O) groups excluding carboxylic acids is 2. The number of hydrogen-bond acceptors (Lipinski definition) is 10. The number of aromatic nitrogens is 3. The largest absolute Gasteiger partial charge is 0.467 e. The molecule has 2 amide bonds. The third-order valence-electron chi connectivity index (χ3n) is 7.94. The van der Waals surface area contributed by atoms with Crippen LogP contribution in [-0.4, -0.2) is 53.1 Å². The maximum atomic E-state index is 13.1. The Bertz CT molecular complexity index is 1690. The number of carbonyl (C=O) groups is 2. The molecule has 43 heavy (non-hydrogen) atoms. The van der Waals surface area contributed by atoms with Crippen LogP contribution in [0.25, 0.3) is 0 Å². The number of benzene rings is 2. The Hall–Kier alpha value is -4.23.